The van der Waals surface area contributed by atoms with Gasteiger partial charge in [-0.3, -0.25) is 4.90 Å². The van der Waals surface area contributed by atoms with Gasteiger partial charge in [0.1, 0.15) is 5.82 Å². The normalized spacial score (nSPS) is 29.2. The van der Waals surface area contributed by atoms with E-state index in [1.165, 1.54) is 31.5 Å². The lowest BCUT2D eigenvalue weighted by molar-refractivity contribution is 0.183. The highest BCUT2D eigenvalue weighted by Crippen LogP contribution is 2.32. The topological polar surface area (TPSA) is 41.3 Å². The van der Waals surface area contributed by atoms with Gasteiger partial charge in [0.2, 0.25) is 0 Å². The molecule has 4 heteroatoms. The predicted octanol–water partition coefficient (Wildman–Crippen LogP) is 1.91. The number of aliphatic hydroxyl groups is 1. The third-order valence-corrected chi connectivity index (χ3v) is 4.48. The largest absolute Gasteiger partial charge is 0.396 e. The van der Waals surface area contributed by atoms with Crippen LogP contribution in [0.3, 0.4) is 0 Å². The lowest BCUT2D eigenvalue weighted by Crippen LogP contribution is -2.29. The number of likely N-dealkylation sites (tertiary alicyclic amines) is 1. The molecule has 0 aliphatic carbocycles. The van der Waals surface area contributed by atoms with Crippen LogP contribution in [0.15, 0.2) is 6.20 Å². The summed E-state index contributed by atoms with van der Waals surface area (Å²) in [5.41, 5.74) is 1.22. The second-order valence-electron chi connectivity index (χ2n) is 5.73. The van der Waals surface area contributed by atoms with Crippen LogP contribution < -0.4 is 0 Å². The number of fused-ring (bicyclic) bond motifs is 1. The van der Waals surface area contributed by atoms with Crippen LogP contribution in [-0.4, -0.2) is 39.8 Å². The second kappa shape index (κ2) is 5.02. The summed E-state index contributed by atoms with van der Waals surface area (Å²) in [4.78, 5) is 7.26. The molecular weight excluding hydrogens is 226 g/mol. The standard InChI is InChI=1S/C14H23N3O/c1-16-7-3-2-6-13(16)12-9-17-8-4-5-11(10-18)14(17)15-12/h9,11,13,18H,2-8,10H2,1H3. The number of piperidine rings is 1. The zero-order chi connectivity index (χ0) is 12.5. The molecule has 18 heavy (non-hydrogen) atoms. The zero-order valence-electron chi connectivity index (χ0n) is 11.2. The zero-order valence-corrected chi connectivity index (χ0v) is 11.2. The maximum atomic E-state index is 9.45. The Labute approximate surface area is 109 Å². The van der Waals surface area contributed by atoms with Gasteiger partial charge in [0.15, 0.2) is 0 Å². The molecule has 1 N–H and O–H groups in total. The molecule has 3 heterocycles. The first-order valence-electron chi connectivity index (χ1n) is 7.17. The molecule has 2 aliphatic heterocycles. The Balaban J connectivity index is 1.87. The van der Waals surface area contributed by atoms with E-state index in [1.807, 2.05) is 0 Å². The summed E-state index contributed by atoms with van der Waals surface area (Å²) in [6.07, 6.45) is 8.29. The molecule has 1 saturated heterocycles. The van der Waals surface area contributed by atoms with Crippen LogP contribution in [-0.2, 0) is 6.54 Å². The van der Waals surface area contributed by atoms with Gasteiger partial charge in [0, 0.05) is 18.7 Å². The summed E-state index contributed by atoms with van der Waals surface area (Å²) < 4.78 is 2.27. The summed E-state index contributed by atoms with van der Waals surface area (Å²) in [6.45, 7) is 2.47. The molecule has 2 aliphatic rings. The second-order valence-corrected chi connectivity index (χ2v) is 5.73. The number of imidazole rings is 1. The lowest BCUT2D eigenvalue weighted by atomic mass is 10.00. The van der Waals surface area contributed by atoms with Crippen molar-refractivity contribution < 1.29 is 5.11 Å². The van der Waals surface area contributed by atoms with E-state index in [2.05, 4.69) is 22.7 Å². The fourth-order valence-corrected chi connectivity index (χ4v) is 3.38. The maximum absolute atomic E-state index is 9.45. The summed E-state index contributed by atoms with van der Waals surface area (Å²) in [7, 11) is 2.20. The number of rotatable bonds is 2. The third-order valence-electron chi connectivity index (χ3n) is 4.48. The molecule has 0 radical (unpaired) electrons. The first-order valence-corrected chi connectivity index (χ1v) is 7.17. The SMILES string of the molecule is CN1CCCCC1c1cn2c(n1)C(CO)CCC2. The number of aliphatic hydroxyl groups excluding tert-OH is 1. The summed E-state index contributed by atoms with van der Waals surface area (Å²) in [5.74, 6) is 1.36. The van der Waals surface area contributed by atoms with E-state index >= 15 is 0 Å². The van der Waals surface area contributed by atoms with Crippen molar-refractivity contribution in [1.82, 2.24) is 14.5 Å². The summed E-state index contributed by atoms with van der Waals surface area (Å²) >= 11 is 0. The Kier molecular flexibility index (Phi) is 3.39. The molecule has 1 fully saturated rings. The minimum atomic E-state index is 0.233. The van der Waals surface area contributed by atoms with E-state index < -0.39 is 0 Å². The third kappa shape index (κ3) is 2.08. The van der Waals surface area contributed by atoms with Crippen molar-refractivity contribution in [3.05, 3.63) is 17.7 Å². The molecule has 0 bridgehead atoms. The van der Waals surface area contributed by atoms with Gasteiger partial charge in [-0.25, -0.2) is 4.98 Å². The highest BCUT2D eigenvalue weighted by atomic mass is 16.3. The molecule has 1 aromatic rings. The summed E-state index contributed by atoms with van der Waals surface area (Å²) in [5, 5.41) is 9.45. The van der Waals surface area contributed by atoms with Gasteiger partial charge in [-0.15, -0.1) is 0 Å². The van der Waals surface area contributed by atoms with Crippen molar-refractivity contribution in [3.8, 4) is 0 Å². The number of aromatic nitrogens is 2. The first kappa shape index (κ1) is 12.2. The molecule has 1 aromatic heterocycles. The van der Waals surface area contributed by atoms with Crippen LogP contribution in [0.25, 0.3) is 0 Å². The summed E-state index contributed by atoms with van der Waals surface area (Å²) in [6, 6.07) is 0.483. The quantitative estimate of drug-likeness (QED) is 0.870. The van der Waals surface area contributed by atoms with Gasteiger partial charge in [-0.2, -0.15) is 0 Å². The Hall–Kier alpha value is -0.870. The number of hydrogen-bond donors (Lipinski definition) is 1. The van der Waals surface area contributed by atoms with E-state index in [9.17, 15) is 5.11 Å². The van der Waals surface area contributed by atoms with Crippen LogP contribution in [0.4, 0.5) is 0 Å². The van der Waals surface area contributed by atoms with Crippen molar-refractivity contribution in [2.75, 3.05) is 20.2 Å². The molecule has 0 spiro atoms. The lowest BCUT2D eigenvalue weighted by Gasteiger charge is -2.31. The molecule has 3 rings (SSSR count). The van der Waals surface area contributed by atoms with Crippen LogP contribution in [0, 0.1) is 0 Å². The van der Waals surface area contributed by atoms with Crippen molar-refractivity contribution in [1.29, 1.82) is 0 Å². The number of nitrogens with zero attached hydrogens (tertiary/aromatic N) is 3. The van der Waals surface area contributed by atoms with Crippen molar-refractivity contribution in [3.63, 3.8) is 0 Å². The average molecular weight is 249 g/mol. The predicted molar refractivity (Wildman–Crippen MR) is 70.5 cm³/mol. The van der Waals surface area contributed by atoms with Crippen molar-refractivity contribution in [2.45, 2.75) is 50.6 Å². The highest BCUT2D eigenvalue weighted by molar-refractivity contribution is 5.14. The smallest absolute Gasteiger partial charge is 0.114 e. The average Bonchev–Trinajstić information content (AvgIpc) is 2.82. The molecule has 100 valence electrons. The van der Waals surface area contributed by atoms with E-state index in [0.717, 1.165) is 25.2 Å². The maximum Gasteiger partial charge on any atom is 0.114 e. The molecule has 0 amide bonds. The van der Waals surface area contributed by atoms with Crippen LogP contribution in [0.1, 0.15) is 55.6 Å². The fraction of sp³-hybridized carbons (Fsp3) is 0.786. The van der Waals surface area contributed by atoms with Crippen LogP contribution in [0.2, 0.25) is 0 Å². The molecule has 0 aromatic carbocycles. The Morgan fingerprint density at radius 1 is 1.28 bits per heavy atom. The van der Waals surface area contributed by atoms with Crippen LogP contribution in [0.5, 0.6) is 0 Å². The van der Waals surface area contributed by atoms with Gasteiger partial charge in [-0.1, -0.05) is 6.42 Å². The minimum Gasteiger partial charge on any atom is -0.396 e. The highest BCUT2D eigenvalue weighted by Gasteiger charge is 2.27. The Morgan fingerprint density at radius 2 is 2.17 bits per heavy atom. The Bertz CT molecular complexity index is 415. The molecule has 4 nitrogen and oxygen atoms in total. The van der Waals surface area contributed by atoms with Gasteiger partial charge in [0.25, 0.3) is 0 Å². The molecule has 0 saturated carbocycles. The van der Waals surface area contributed by atoms with Crippen molar-refractivity contribution in [2.24, 2.45) is 0 Å². The van der Waals surface area contributed by atoms with Gasteiger partial charge in [-0.05, 0) is 39.3 Å². The van der Waals surface area contributed by atoms with Crippen LogP contribution >= 0.6 is 0 Å². The van der Waals surface area contributed by atoms with Gasteiger partial charge in [0.05, 0.1) is 18.3 Å². The number of hydrogen-bond acceptors (Lipinski definition) is 3. The van der Waals surface area contributed by atoms with E-state index in [4.69, 9.17) is 4.98 Å². The van der Waals surface area contributed by atoms with Crippen molar-refractivity contribution >= 4 is 0 Å². The number of aryl methyl sites for hydroxylation is 1. The monoisotopic (exact) mass is 249 g/mol. The van der Waals surface area contributed by atoms with E-state index in [-0.39, 0.29) is 12.5 Å². The van der Waals surface area contributed by atoms with Gasteiger partial charge < -0.3 is 9.67 Å². The fourth-order valence-electron chi connectivity index (χ4n) is 3.38. The first-order chi connectivity index (χ1) is 8.79. The van der Waals surface area contributed by atoms with E-state index in [0.29, 0.717) is 6.04 Å². The molecular formula is C14H23N3O. The van der Waals surface area contributed by atoms with Gasteiger partial charge >= 0.3 is 0 Å². The minimum absolute atomic E-state index is 0.233. The Morgan fingerprint density at radius 3 is 2.94 bits per heavy atom. The molecule has 2 unspecified atom stereocenters. The molecule has 2 atom stereocenters. The van der Waals surface area contributed by atoms with E-state index in [1.54, 1.807) is 0 Å².